The molecule has 0 N–H and O–H groups in total. The quantitative estimate of drug-likeness (QED) is 0.427. The molecule has 2 rings (SSSR count). The normalized spacial score (nSPS) is 19.1. The molecule has 1 atom stereocenters. The van der Waals surface area contributed by atoms with Crippen molar-refractivity contribution in [3.05, 3.63) is 29.8 Å². The summed E-state index contributed by atoms with van der Waals surface area (Å²) in [5.41, 5.74) is 0.816. The van der Waals surface area contributed by atoms with E-state index in [0.29, 0.717) is 5.75 Å². The molecule has 0 bridgehead atoms. The SMILES string of the molecule is COC(OC)C1C(=O)Oc2ccccc21. The lowest BCUT2D eigenvalue weighted by atomic mass is 10.0. The number of hydrogen-bond acceptors (Lipinski definition) is 4. The van der Waals surface area contributed by atoms with Gasteiger partial charge in [0.05, 0.1) is 0 Å². The van der Waals surface area contributed by atoms with Crippen LogP contribution in [-0.4, -0.2) is 26.5 Å². The Morgan fingerprint density at radius 1 is 1.27 bits per heavy atom. The Hall–Kier alpha value is -1.39. The van der Waals surface area contributed by atoms with Gasteiger partial charge in [-0.25, -0.2) is 0 Å². The van der Waals surface area contributed by atoms with E-state index in [1.165, 1.54) is 14.2 Å². The van der Waals surface area contributed by atoms with Crippen molar-refractivity contribution in [3.8, 4) is 5.75 Å². The lowest BCUT2D eigenvalue weighted by molar-refractivity contribution is -0.154. The fraction of sp³-hybridized carbons (Fsp3) is 0.364. The molecule has 1 heterocycles. The van der Waals surface area contributed by atoms with Crippen LogP contribution in [0.25, 0.3) is 0 Å². The average Bonchev–Trinajstić information content (AvgIpc) is 2.58. The topological polar surface area (TPSA) is 44.8 Å². The van der Waals surface area contributed by atoms with Crippen molar-refractivity contribution >= 4 is 5.97 Å². The van der Waals surface area contributed by atoms with Crippen LogP contribution in [0.5, 0.6) is 5.75 Å². The second-order valence-corrected chi connectivity index (χ2v) is 3.28. The van der Waals surface area contributed by atoms with Crippen molar-refractivity contribution in [3.63, 3.8) is 0 Å². The second kappa shape index (κ2) is 4.00. The van der Waals surface area contributed by atoms with Crippen molar-refractivity contribution in [2.45, 2.75) is 12.2 Å². The van der Waals surface area contributed by atoms with Crippen LogP contribution in [0, 0.1) is 0 Å². The standard InChI is InChI=1S/C11H12O4/c1-13-11(14-2)9-7-5-3-4-6-8(7)15-10(9)12/h3-6,9,11H,1-2H3. The summed E-state index contributed by atoms with van der Waals surface area (Å²) in [6, 6.07) is 7.28. The van der Waals surface area contributed by atoms with Gasteiger partial charge in [-0.05, 0) is 6.07 Å². The van der Waals surface area contributed by atoms with Crippen LogP contribution in [-0.2, 0) is 14.3 Å². The van der Waals surface area contributed by atoms with E-state index in [9.17, 15) is 4.79 Å². The number of rotatable bonds is 3. The molecule has 0 fully saturated rings. The van der Waals surface area contributed by atoms with E-state index in [0.717, 1.165) is 5.56 Å². The molecule has 1 aliphatic rings. The van der Waals surface area contributed by atoms with Crippen LogP contribution >= 0.6 is 0 Å². The number of para-hydroxylation sites is 1. The summed E-state index contributed by atoms with van der Waals surface area (Å²) in [5, 5.41) is 0. The molecule has 0 saturated carbocycles. The highest BCUT2D eigenvalue weighted by Crippen LogP contribution is 2.37. The molecule has 4 nitrogen and oxygen atoms in total. The Bertz CT molecular complexity index is 371. The van der Waals surface area contributed by atoms with E-state index >= 15 is 0 Å². The lowest BCUT2D eigenvalue weighted by Crippen LogP contribution is -2.27. The Labute approximate surface area is 87.8 Å². The summed E-state index contributed by atoms with van der Waals surface area (Å²) in [6.45, 7) is 0. The van der Waals surface area contributed by atoms with Crippen molar-refractivity contribution in [1.82, 2.24) is 0 Å². The molecule has 80 valence electrons. The number of carbonyl (C=O) groups is 1. The maximum Gasteiger partial charge on any atom is 0.324 e. The summed E-state index contributed by atoms with van der Waals surface area (Å²) in [6.07, 6.45) is -0.596. The van der Waals surface area contributed by atoms with E-state index < -0.39 is 12.2 Å². The second-order valence-electron chi connectivity index (χ2n) is 3.28. The maximum atomic E-state index is 11.6. The molecule has 0 aliphatic carbocycles. The highest BCUT2D eigenvalue weighted by molar-refractivity contribution is 5.86. The summed E-state index contributed by atoms with van der Waals surface area (Å²) < 4.78 is 15.3. The highest BCUT2D eigenvalue weighted by Gasteiger charge is 2.39. The highest BCUT2D eigenvalue weighted by atomic mass is 16.7. The van der Waals surface area contributed by atoms with Gasteiger partial charge >= 0.3 is 5.97 Å². The third kappa shape index (κ3) is 1.62. The zero-order chi connectivity index (χ0) is 10.8. The number of hydrogen-bond donors (Lipinski definition) is 0. The molecular weight excluding hydrogens is 196 g/mol. The number of fused-ring (bicyclic) bond motifs is 1. The van der Waals surface area contributed by atoms with Gasteiger partial charge in [-0.15, -0.1) is 0 Å². The van der Waals surface area contributed by atoms with Crippen LogP contribution in [0.2, 0.25) is 0 Å². The minimum absolute atomic E-state index is 0.329. The minimum atomic E-state index is -0.596. The number of esters is 1. The number of carbonyl (C=O) groups excluding carboxylic acids is 1. The predicted molar refractivity (Wildman–Crippen MR) is 52.6 cm³/mol. The van der Waals surface area contributed by atoms with E-state index in [2.05, 4.69) is 0 Å². The first-order valence-corrected chi connectivity index (χ1v) is 4.64. The smallest absolute Gasteiger partial charge is 0.324 e. The van der Waals surface area contributed by atoms with Gasteiger partial charge in [-0.1, -0.05) is 18.2 Å². The van der Waals surface area contributed by atoms with E-state index in [4.69, 9.17) is 14.2 Å². The average molecular weight is 208 g/mol. The Morgan fingerprint density at radius 2 is 1.93 bits per heavy atom. The van der Waals surface area contributed by atoms with Gasteiger partial charge in [0.2, 0.25) is 0 Å². The zero-order valence-electron chi connectivity index (χ0n) is 8.60. The van der Waals surface area contributed by atoms with Gasteiger partial charge in [-0.3, -0.25) is 4.79 Å². The van der Waals surface area contributed by atoms with Gasteiger partial charge in [0, 0.05) is 19.8 Å². The van der Waals surface area contributed by atoms with Crippen molar-refractivity contribution in [1.29, 1.82) is 0 Å². The fourth-order valence-electron chi connectivity index (χ4n) is 1.76. The van der Waals surface area contributed by atoms with Crippen LogP contribution in [0.1, 0.15) is 11.5 Å². The molecule has 0 spiro atoms. The minimum Gasteiger partial charge on any atom is -0.426 e. The summed E-state index contributed by atoms with van der Waals surface area (Å²) in [4.78, 5) is 11.6. The van der Waals surface area contributed by atoms with E-state index in [-0.39, 0.29) is 5.97 Å². The first-order valence-electron chi connectivity index (χ1n) is 4.64. The third-order valence-electron chi connectivity index (χ3n) is 2.46. The van der Waals surface area contributed by atoms with Gasteiger partial charge in [0.15, 0.2) is 6.29 Å². The number of benzene rings is 1. The Morgan fingerprint density at radius 3 is 2.60 bits per heavy atom. The monoisotopic (exact) mass is 208 g/mol. The molecule has 0 radical (unpaired) electrons. The Balaban J connectivity index is 2.37. The van der Waals surface area contributed by atoms with Crippen LogP contribution in [0.15, 0.2) is 24.3 Å². The predicted octanol–water partition coefficient (Wildman–Crippen LogP) is 1.31. The summed E-state index contributed by atoms with van der Waals surface area (Å²) in [5.74, 6) is -0.229. The van der Waals surface area contributed by atoms with Crippen LogP contribution in [0.4, 0.5) is 0 Å². The first kappa shape index (κ1) is 10.1. The third-order valence-corrected chi connectivity index (χ3v) is 2.46. The molecule has 1 aromatic rings. The Kier molecular flexibility index (Phi) is 2.70. The molecular formula is C11H12O4. The molecule has 1 aromatic carbocycles. The van der Waals surface area contributed by atoms with Gasteiger partial charge in [-0.2, -0.15) is 0 Å². The molecule has 1 unspecified atom stereocenters. The van der Waals surface area contributed by atoms with Gasteiger partial charge in [0.25, 0.3) is 0 Å². The summed E-state index contributed by atoms with van der Waals surface area (Å²) >= 11 is 0. The molecule has 0 amide bonds. The maximum absolute atomic E-state index is 11.6. The molecule has 4 heteroatoms. The lowest BCUT2D eigenvalue weighted by Gasteiger charge is -2.17. The zero-order valence-corrected chi connectivity index (χ0v) is 8.60. The van der Waals surface area contributed by atoms with E-state index in [1.54, 1.807) is 6.07 Å². The van der Waals surface area contributed by atoms with Crippen molar-refractivity contribution < 1.29 is 19.0 Å². The van der Waals surface area contributed by atoms with Gasteiger partial charge < -0.3 is 14.2 Å². The van der Waals surface area contributed by atoms with Crippen molar-refractivity contribution in [2.24, 2.45) is 0 Å². The van der Waals surface area contributed by atoms with E-state index in [1.807, 2.05) is 18.2 Å². The molecule has 1 aliphatic heterocycles. The first-order chi connectivity index (χ1) is 7.27. The molecule has 0 saturated heterocycles. The summed E-state index contributed by atoms with van der Waals surface area (Å²) in [7, 11) is 3.00. The van der Waals surface area contributed by atoms with Crippen LogP contribution in [0.3, 0.4) is 0 Å². The van der Waals surface area contributed by atoms with Crippen LogP contribution < -0.4 is 4.74 Å². The van der Waals surface area contributed by atoms with Gasteiger partial charge in [0.1, 0.15) is 11.7 Å². The fourth-order valence-corrected chi connectivity index (χ4v) is 1.76. The largest absolute Gasteiger partial charge is 0.426 e. The van der Waals surface area contributed by atoms with Crippen molar-refractivity contribution in [2.75, 3.05) is 14.2 Å². The molecule has 15 heavy (non-hydrogen) atoms. The number of ether oxygens (including phenoxy) is 3. The molecule has 0 aromatic heterocycles. The number of methoxy groups -OCH3 is 2.